The number of rotatable bonds is 7. The average Bonchev–Trinajstić information content (AvgIpc) is 3.27. The van der Waals surface area contributed by atoms with Crippen molar-refractivity contribution in [2.45, 2.75) is 39.3 Å². The Hall–Kier alpha value is -2.13. The molecule has 3 aromatic rings. The Bertz CT molecular complexity index is 1020. The molecule has 152 valence electrons. The molecular formula is C21H24N4O2S2. The molecule has 1 amide bonds. The number of aromatic nitrogens is 1. The molecule has 0 bridgehead atoms. The third kappa shape index (κ3) is 4.40. The van der Waals surface area contributed by atoms with E-state index in [2.05, 4.69) is 22.0 Å². The second-order valence-corrected chi connectivity index (χ2v) is 9.49. The van der Waals surface area contributed by atoms with Crippen molar-refractivity contribution in [3.63, 3.8) is 0 Å². The van der Waals surface area contributed by atoms with E-state index in [0.717, 1.165) is 45.3 Å². The maximum Gasteiger partial charge on any atom is 0.292 e. The van der Waals surface area contributed by atoms with Crippen molar-refractivity contribution in [1.29, 1.82) is 0 Å². The predicted molar refractivity (Wildman–Crippen MR) is 120 cm³/mol. The molecule has 1 aliphatic rings. The van der Waals surface area contributed by atoms with Crippen LogP contribution in [0.5, 0.6) is 0 Å². The number of nitrogens with one attached hydrogen (secondary N) is 3. The van der Waals surface area contributed by atoms with Gasteiger partial charge in [0.2, 0.25) is 5.78 Å². The summed E-state index contributed by atoms with van der Waals surface area (Å²) in [6, 6.07) is 8.32. The lowest BCUT2D eigenvalue weighted by atomic mass is 10.0. The number of ketones is 1. The fourth-order valence-electron chi connectivity index (χ4n) is 3.39. The number of thiazole rings is 1. The van der Waals surface area contributed by atoms with Crippen LogP contribution in [0.1, 0.15) is 30.7 Å². The minimum atomic E-state index is -0.551. The molecule has 4 rings (SSSR count). The second-order valence-electron chi connectivity index (χ2n) is 7.36. The van der Waals surface area contributed by atoms with E-state index in [9.17, 15) is 9.59 Å². The highest BCUT2D eigenvalue weighted by Crippen LogP contribution is 2.44. The van der Waals surface area contributed by atoms with E-state index in [1.807, 2.05) is 32.0 Å². The number of Topliss-reactive ketones (excluding diaryl/α,β-unsaturated/α-hetero) is 1. The van der Waals surface area contributed by atoms with Crippen LogP contribution in [0.4, 0.5) is 5.00 Å². The second kappa shape index (κ2) is 8.71. The molecule has 3 N–H and O–H groups in total. The van der Waals surface area contributed by atoms with Crippen molar-refractivity contribution in [2.75, 3.05) is 18.4 Å². The first-order chi connectivity index (χ1) is 14.0. The van der Waals surface area contributed by atoms with Crippen LogP contribution in [0.25, 0.3) is 20.8 Å². The lowest BCUT2D eigenvalue weighted by Crippen LogP contribution is -2.29. The summed E-state index contributed by atoms with van der Waals surface area (Å²) >= 11 is 3.17. The number of benzene rings is 1. The zero-order valence-electron chi connectivity index (χ0n) is 16.5. The molecule has 6 nitrogen and oxygen atoms in total. The zero-order chi connectivity index (χ0) is 20.4. The summed E-state index contributed by atoms with van der Waals surface area (Å²) in [6.45, 7) is 6.20. The van der Waals surface area contributed by atoms with Crippen LogP contribution in [0.15, 0.2) is 24.3 Å². The highest BCUT2D eigenvalue weighted by Gasteiger charge is 2.26. The lowest BCUT2D eigenvalue weighted by Gasteiger charge is -2.13. The first-order valence-electron chi connectivity index (χ1n) is 9.81. The number of hydrogen-bond donors (Lipinski definition) is 3. The van der Waals surface area contributed by atoms with Crippen LogP contribution in [-0.4, -0.2) is 35.8 Å². The van der Waals surface area contributed by atoms with Crippen LogP contribution in [0.3, 0.4) is 0 Å². The summed E-state index contributed by atoms with van der Waals surface area (Å²) in [5.41, 5.74) is 3.17. The van der Waals surface area contributed by atoms with Crippen LogP contribution < -0.4 is 16.0 Å². The van der Waals surface area contributed by atoms with E-state index in [1.54, 1.807) is 22.7 Å². The minimum Gasteiger partial charge on any atom is -0.314 e. The molecule has 0 saturated heterocycles. The van der Waals surface area contributed by atoms with E-state index in [1.165, 1.54) is 10.4 Å². The van der Waals surface area contributed by atoms with Gasteiger partial charge in [0.25, 0.3) is 5.91 Å². The first kappa shape index (κ1) is 20.2. The summed E-state index contributed by atoms with van der Waals surface area (Å²) in [5.74, 6) is -0.956. The summed E-state index contributed by atoms with van der Waals surface area (Å²) in [4.78, 5) is 30.8. The molecule has 3 heterocycles. The Labute approximate surface area is 177 Å². The number of thiophene rings is 1. The van der Waals surface area contributed by atoms with Gasteiger partial charge < -0.3 is 16.0 Å². The van der Waals surface area contributed by atoms with Crippen molar-refractivity contribution in [3.8, 4) is 10.6 Å². The number of fused-ring (bicyclic) bond motifs is 2. The summed E-state index contributed by atoms with van der Waals surface area (Å²) in [5, 5.41) is 11.1. The number of nitrogens with zero attached hydrogens (tertiary/aromatic N) is 1. The van der Waals surface area contributed by atoms with Gasteiger partial charge in [0, 0.05) is 36.0 Å². The molecule has 0 aliphatic carbocycles. The summed E-state index contributed by atoms with van der Waals surface area (Å²) in [7, 11) is 0. The largest absolute Gasteiger partial charge is 0.314 e. The van der Waals surface area contributed by atoms with Crippen LogP contribution in [0, 0.1) is 0 Å². The molecule has 0 spiro atoms. The van der Waals surface area contributed by atoms with Gasteiger partial charge in [-0.2, -0.15) is 0 Å². The van der Waals surface area contributed by atoms with E-state index in [0.29, 0.717) is 6.54 Å². The molecule has 0 unspecified atom stereocenters. The summed E-state index contributed by atoms with van der Waals surface area (Å²) in [6.07, 6.45) is 1.08. The number of carbonyl (C=O) groups is 2. The number of para-hydroxylation sites is 1. The van der Waals surface area contributed by atoms with Gasteiger partial charge >= 0.3 is 0 Å². The highest BCUT2D eigenvalue weighted by atomic mass is 32.1. The van der Waals surface area contributed by atoms with Gasteiger partial charge in [-0.15, -0.1) is 22.7 Å². The van der Waals surface area contributed by atoms with E-state index in [-0.39, 0.29) is 12.5 Å². The van der Waals surface area contributed by atoms with E-state index in [4.69, 9.17) is 4.98 Å². The van der Waals surface area contributed by atoms with Crippen molar-refractivity contribution in [1.82, 2.24) is 15.6 Å². The molecule has 2 aromatic heterocycles. The molecule has 0 radical (unpaired) electrons. The third-order valence-electron chi connectivity index (χ3n) is 4.82. The van der Waals surface area contributed by atoms with Gasteiger partial charge in [0.15, 0.2) is 0 Å². The third-order valence-corrected chi connectivity index (χ3v) is 7.02. The quantitative estimate of drug-likeness (QED) is 0.501. The maximum atomic E-state index is 12.5. The van der Waals surface area contributed by atoms with Gasteiger partial charge in [-0.25, -0.2) is 4.98 Å². The van der Waals surface area contributed by atoms with E-state index < -0.39 is 11.7 Å². The smallest absolute Gasteiger partial charge is 0.292 e. The molecule has 0 fully saturated rings. The van der Waals surface area contributed by atoms with Crippen molar-refractivity contribution in [3.05, 3.63) is 34.7 Å². The number of hydrogen-bond acceptors (Lipinski definition) is 7. The molecule has 1 aromatic carbocycles. The number of carbonyl (C=O) groups excluding carboxylic acids is 2. The Kier molecular flexibility index (Phi) is 6.05. The normalized spacial score (nSPS) is 13.6. The highest BCUT2D eigenvalue weighted by molar-refractivity contribution is 7.23. The van der Waals surface area contributed by atoms with Gasteiger partial charge in [-0.05, 0) is 30.7 Å². The Balaban J connectivity index is 1.62. The topological polar surface area (TPSA) is 83.1 Å². The molecule has 29 heavy (non-hydrogen) atoms. The fraction of sp³-hybridized carbons (Fsp3) is 0.381. The SMILES string of the molecule is CC(C)NCCC(=O)C(=O)Nc1sc2c(c1-c1nc3ccccc3s1)CCNC2. The molecule has 0 saturated carbocycles. The Morgan fingerprint density at radius 1 is 1.24 bits per heavy atom. The van der Waals surface area contributed by atoms with Gasteiger partial charge in [0.05, 0.1) is 10.2 Å². The zero-order valence-corrected chi connectivity index (χ0v) is 18.1. The molecule has 0 atom stereocenters. The monoisotopic (exact) mass is 428 g/mol. The minimum absolute atomic E-state index is 0.188. The molecular weight excluding hydrogens is 404 g/mol. The Morgan fingerprint density at radius 3 is 2.86 bits per heavy atom. The van der Waals surface area contributed by atoms with Crippen molar-refractivity contribution >= 4 is 49.6 Å². The van der Waals surface area contributed by atoms with E-state index >= 15 is 0 Å². The van der Waals surface area contributed by atoms with Crippen molar-refractivity contribution < 1.29 is 9.59 Å². The van der Waals surface area contributed by atoms with Crippen molar-refractivity contribution in [2.24, 2.45) is 0 Å². The number of amides is 1. The molecule has 1 aliphatic heterocycles. The average molecular weight is 429 g/mol. The van der Waals surface area contributed by atoms with Crippen LogP contribution in [0.2, 0.25) is 0 Å². The maximum absolute atomic E-state index is 12.5. The van der Waals surface area contributed by atoms with Gasteiger partial charge in [0.1, 0.15) is 10.0 Å². The molecule has 8 heteroatoms. The van der Waals surface area contributed by atoms with Gasteiger partial charge in [-0.1, -0.05) is 26.0 Å². The standard InChI is InChI=1S/C21H24N4O2S2/c1-12(2)23-10-8-15(26)19(27)25-21-18(13-7-9-22-11-17(13)29-21)20-24-14-5-3-4-6-16(14)28-20/h3-6,12,22-23H,7-11H2,1-2H3,(H,25,27). The van der Waals surface area contributed by atoms with Crippen LogP contribution >= 0.6 is 22.7 Å². The Morgan fingerprint density at radius 2 is 2.07 bits per heavy atom. The van der Waals surface area contributed by atoms with Crippen LogP contribution in [-0.2, 0) is 22.6 Å². The predicted octanol–water partition coefficient (Wildman–Crippen LogP) is 3.57. The number of anilines is 1. The van der Waals surface area contributed by atoms with Gasteiger partial charge in [-0.3, -0.25) is 9.59 Å². The first-order valence-corrected chi connectivity index (χ1v) is 11.4. The summed E-state index contributed by atoms with van der Waals surface area (Å²) < 4.78 is 1.12. The fourth-order valence-corrected chi connectivity index (χ4v) is 5.71. The lowest BCUT2D eigenvalue weighted by molar-refractivity contribution is -0.134.